The van der Waals surface area contributed by atoms with Crippen LogP contribution in [0.4, 0.5) is 8.78 Å². The van der Waals surface area contributed by atoms with Crippen LogP contribution >= 0.6 is 0 Å². The van der Waals surface area contributed by atoms with E-state index in [1.807, 2.05) is 7.05 Å². The van der Waals surface area contributed by atoms with Crippen LogP contribution in [0.5, 0.6) is 0 Å². The summed E-state index contributed by atoms with van der Waals surface area (Å²) in [6.45, 7) is 4.25. The fourth-order valence-corrected chi connectivity index (χ4v) is 2.23. The zero-order valence-electron chi connectivity index (χ0n) is 10.8. The first-order valence-corrected chi connectivity index (χ1v) is 6.21. The van der Waals surface area contributed by atoms with E-state index < -0.39 is 11.6 Å². The molecule has 0 aliphatic rings. The summed E-state index contributed by atoms with van der Waals surface area (Å²) >= 11 is 0. The molecule has 0 fully saturated rings. The van der Waals surface area contributed by atoms with Crippen LogP contribution in [0.25, 0.3) is 0 Å². The maximum absolute atomic E-state index is 13.2. The lowest BCUT2D eigenvalue weighted by atomic mass is 9.90. The van der Waals surface area contributed by atoms with Crippen LogP contribution in [0.15, 0.2) is 18.2 Å². The molecular weight excluding hydrogens is 220 g/mol. The molecule has 0 aliphatic carbocycles. The number of unbranched alkanes of at least 4 members (excludes halogenated alkanes) is 1. The molecule has 1 nitrogen and oxygen atoms in total. The zero-order valence-corrected chi connectivity index (χ0v) is 10.8. The van der Waals surface area contributed by atoms with Gasteiger partial charge in [-0.2, -0.15) is 0 Å². The summed E-state index contributed by atoms with van der Waals surface area (Å²) in [4.78, 5) is 0. The molecule has 3 heteroatoms. The average Bonchev–Trinajstić information content (AvgIpc) is 2.26. The van der Waals surface area contributed by atoms with Gasteiger partial charge >= 0.3 is 0 Å². The van der Waals surface area contributed by atoms with Gasteiger partial charge in [0.2, 0.25) is 0 Å². The minimum Gasteiger partial charge on any atom is -0.313 e. The Balaban J connectivity index is 2.84. The first-order valence-electron chi connectivity index (χ1n) is 6.21. The monoisotopic (exact) mass is 241 g/mol. The normalized spacial score (nSPS) is 14.6. The van der Waals surface area contributed by atoms with E-state index in [9.17, 15) is 8.78 Å². The summed E-state index contributed by atoms with van der Waals surface area (Å²) in [5, 5.41) is 3.15. The highest BCUT2D eigenvalue weighted by Crippen LogP contribution is 2.26. The van der Waals surface area contributed by atoms with Crippen LogP contribution in [0.1, 0.15) is 44.7 Å². The molecule has 1 aromatic rings. The van der Waals surface area contributed by atoms with Crippen molar-refractivity contribution in [3.05, 3.63) is 35.4 Å². The van der Waals surface area contributed by atoms with E-state index in [4.69, 9.17) is 0 Å². The molecular formula is C14H21F2N. The second-order valence-corrected chi connectivity index (χ2v) is 4.59. The first kappa shape index (κ1) is 14.1. The Morgan fingerprint density at radius 2 is 1.76 bits per heavy atom. The van der Waals surface area contributed by atoms with Gasteiger partial charge in [0.25, 0.3) is 0 Å². The fourth-order valence-electron chi connectivity index (χ4n) is 2.23. The van der Waals surface area contributed by atoms with Crippen molar-refractivity contribution in [3.8, 4) is 0 Å². The van der Waals surface area contributed by atoms with Gasteiger partial charge in [-0.05, 0) is 37.1 Å². The minimum atomic E-state index is -0.511. The van der Waals surface area contributed by atoms with Crippen LogP contribution in [0, 0.1) is 17.6 Å². The molecule has 2 atom stereocenters. The van der Waals surface area contributed by atoms with Crippen LogP contribution in [0.3, 0.4) is 0 Å². The summed E-state index contributed by atoms with van der Waals surface area (Å²) < 4.78 is 26.3. The van der Waals surface area contributed by atoms with Crippen molar-refractivity contribution < 1.29 is 8.78 Å². The Kier molecular flexibility index (Phi) is 5.56. The molecule has 1 rings (SSSR count). The number of rotatable bonds is 6. The molecule has 96 valence electrons. The highest BCUT2D eigenvalue weighted by atomic mass is 19.1. The van der Waals surface area contributed by atoms with Gasteiger partial charge in [0.05, 0.1) is 0 Å². The molecule has 0 amide bonds. The van der Waals surface area contributed by atoms with Gasteiger partial charge in [-0.15, -0.1) is 0 Å². The van der Waals surface area contributed by atoms with E-state index in [2.05, 4.69) is 19.2 Å². The Bertz CT molecular complexity index is 332. The Hall–Kier alpha value is -0.960. The number of hydrogen-bond acceptors (Lipinski definition) is 1. The van der Waals surface area contributed by atoms with Crippen molar-refractivity contribution in [2.24, 2.45) is 5.92 Å². The number of nitrogens with one attached hydrogen (secondary N) is 1. The van der Waals surface area contributed by atoms with Crippen molar-refractivity contribution in [3.63, 3.8) is 0 Å². The highest BCUT2D eigenvalue weighted by Gasteiger charge is 2.18. The van der Waals surface area contributed by atoms with E-state index in [1.165, 1.54) is 12.1 Å². The van der Waals surface area contributed by atoms with E-state index in [1.54, 1.807) is 0 Å². The van der Waals surface area contributed by atoms with Crippen molar-refractivity contribution in [1.29, 1.82) is 0 Å². The Morgan fingerprint density at radius 3 is 2.24 bits per heavy atom. The van der Waals surface area contributed by atoms with Gasteiger partial charge < -0.3 is 5.32 Å². The molecule has 17 heavy (non-hydrogen) atoms. The molecule has 0 bridgehead atoms. The molecule has 0 heterocycles. The van der Waals surface area contributed by atoms with Gasteiger partial charge in [-0.25, -0.2) is 8.78 Å². The lowest BCUT2D eigenvalue weighted by Crippen LogP contribution is -2.23. The second kappa shape index (κ2) is 6.70. The van der Waals surface area contributed by atoms with Crippen LogP contribution in [-0.2, 0) is 0 Å². The second-order valence-electron chi connectivity index (χ2n) is 4.59. The molecule has 0 saturated carbocycles. The number of halogens is 2. The van der Waals surface area contributed by atoms with Crippen LogP contribution < -0.4 is 5.32 Å². The van der Waals surface area contributed by atoms with E-state index in [0.29, 0.717) is 11.5 Å². The molecule has 1 N–H and O–H groups in total. The van der Waals surface area contributed by atoms with Crippen molar-refractivity contribution >= 4 is 0 Å². The van der Waals surface area contributed by atoms with E-state index in [-0.39, 0.29) is 6.04 Å². The third-order valence-electron chi connectivity index (χ3n) is 3.14. The van der Waals surface area contributed by atoms with Gasteiger partial charge in [0.15, 0.2) is 0 Å². The SMILES string of the molecule is CCCCC(C)C(NC)c1cc(F)cc(F)c1. The molecule has 0 aromatic heterocycles. The standard InChI is InChI=1S/C14H21F2N/c1-4-5-6-10(2)14(17-3)11-7-12(15)9-13(16)8-11/h7-10,14,17H,4-6H2,1-3H3. The fraction of sp³-hybridized carbons (Fsp3) is 0.571. The summed E-state index contributed by atoms with van der Waals surface area (Å²) in [7, 11) is 1.83. The third kappa shape index (κ3) is 4.08. The lowest BCUT2D eigenvalue weighted by Gasteiger charge is -2.24. The van der Waals surface area contributed by atoms with Gasteiger partial charge in [0.1, 0.15) is 11.6 Å². The minimum absolute atomic E-state index is 0.00625. The van der Waals surface area contributed by atoms with E-state index in [0.717, 1.165) is 25.3 Å². The summed E-state index contributed by atoms with van der Waals surface area (Å²) in [5.41, 5.74) is 0.689. The Labute approximate surface area is 102 Å². The summed E-state index contributed by atoms with van der Waals surface area (Å²) in [6, 6.07) is 3.73. The molecule has 0 spiro atoms. The lowest BCUT2D eigenvalue weighted by molar-refractivity contribution is 0.374. The molecule has 0 radical (unpaired) electrons. The molecule has 0 aliphatic heterocycles. The average molecular weight is 241 g/mol. The topological polar surface area (TPSA) is 12.0 Å². The summed E-state index contributed by atoms with van der Waals surface area (Å²) in [5.74, 6) is -0.660. The smallest absolute Gasteiger partial charge is 0.126 e. The van der Waals surface area contributed by atoms with Gasteiger partial charge in [-0.1, -0.05) is 26.7 Å². The van der Waals surface area contributed by atoms with Crippen molar-refractivity contribution in [1.82, 2.24) is 5.32 Å². The van der Waals surface area contributed by atoms with Gasteiger partial charge in [0, 0.05) is 12.1 Å². The van der Waals surface area contributed by atoms with Crippen LogP contribution in [-0.4, -0.2) is 7.05 Å². The highest BCUT2D eigenvalue weighted by molar-refractivity contribution is 5.22. The third-order valence-corrected chi connectivity index (χ3v) is 3.14. The van der Waals surface area contributed by atoms with E-state index >= 15 is 0 Å². The van der Waals surface area contributed by atoms with Crippen LogP contribution in [0.2, 0.25) is 0 Å². The first-order chi connectivity index (χ1) is 8.08. The zero-order chi connectivity index (χ0) is 12.8. The largest absolute Gasteiger partial charge is 0.313 e. The maximum atomic E-state index is 13.2. The quantitative estimate of drug-likeness (QED) is 0.792. The molecule has 1 aromatic carbocycles. The van der Waals surface area contributed by atoms with Gasteiger partial charge in [-0.3, -0.25) is 0 Å². The van der Waals surface area contributed by atoms with Crippen molar-refractivity contribution in [2.45, 2.75) is 39.2 Å². The number of hydrogen-bond donors (Lipinski definition) is 1. The summed E-state index contributed by atoms with van der Waals surface area (Å²) in [6.07, 6.45) is 3.33. The predicted octanol–water partition coefficient (Wildman–Crippen LogP) is 4.05. The predicted molar refractivity (Wildman–Crippen MR) is 66.8 cm³/mol. The van der Waals surface area contributed by atoms with Crippen molar-refractivity contribution in [2.75, 3.05) is 7.05 Å². The maximum Gasteiger partial charge on any atom is 0.126 e. The molecule has 2 unspecified atom stereocenters. The number of benzene rings is 1. The Morgan fingerprint density at radius 1 is 1.18 bits per heavy atom. The molecule has 0 saturated heterocycles.